The summed E-state index contributed by atoms with van der Waals surface area (Å²) >= 11 is 0. The molecule has 0 saturated heterocycles. The Bertz CT molecular complexity index is 601. The minimum absolute atomic E-state index is 0.0270. The van der Waals surface area contributed by atoms with Crippen molar-refractivity contribution < 1.29 is 5.11 Å². The molecule has 0 aliphatic rings. The average molecular weight is 259 g/mol. The van der Waals surface area contributed by atoms with Crippen LogP contribution >= 0.6 is 0 Å². The van der Waals surface area contributed by atoms with E-state index in [1.54, 1.807) is 6.07 Å². The van der Waals surface area contributed by atoms with Gasteiger partial charge in [-0.3, -0.25) is 4.79 Å². The summed E-state index contributed by atoms with van der Waals surface area (Å²) in [5.74, 6) is 0.0270. The van der Waals surface area contributed by atoms with Crippen LogP contribution in [0.3, 0.4) is 0 Å². The number of aromatic hydroxyl groups is 1. The van der Waals surface area contributed by atoms with Crippen LogP contribution in [0.2, 0.25) is 0 Å². The Hall–Kier alpha value is -1.77. The number of H-pyrrole nitrogens is 1. The molecule has 0 unspecified atom stereocenters. The van der Waals surface area contributed by atoms with Crippen molar-refractivity contribution in [3.05, 3.63) is 40.1 Å². The van der Waals surface area contributed by atoms with Crippen LogP contribution in [0.5, 0.6) is 5.88 Å². The monoisotopic (exact) mass is 259 g/mol. The van der Waals surface area contributed by atoms with Gasteiger partial charge in [-0.15, -0.1) is 0 Å². The van der Waals surface area contributed by atoms with Crippen LogP contribution < -0.4 is 5.43 Å². The van der Waals surface area contributed by atoms with Crippen LogP contribution in [0.25, 0.3) is 10.9 Å². The maximum Gasteiger partial charge on any atom is 0.196 e. The van der Waals surface area contributed by atoms with Gasteiger partial charge in [0, 0.05) is 5.39 Å². The van der Waals surface area contributed by atoms with E-state index in [9.17, 15) is 9.90 Å². The van der Waals surface area contributed by atoms with E-state index < -0.39 is 0 Å². The number of benzene rings is 1. The van der Waals surface area contributed by atoms with Gasteiger partial charge >= 0.3 is 0 Å². The van der Waals surface area contributed by atoms with Crippen molar-refractivity contribution in [3.8, 4) is 5.88 Å². The Morgan fingerprint density at radius 2 is 1.84 bits per heavy atom. The molecule has 2 N–H and O–H groups in total. The maximum atomic E-state index is 12.3. The first-order valence-electron chi connectivity index (χ1n) is 7.07. The number of para-hydroxylation sites is 1. The second-order valence-corrected chi connectivity index (χ2v) is 4.99. The van der Waals surface area contributed by atoms with Crippen LogP contribution in [0.1, 0.15) is 44.6 Å². The topological polar surface area (TPSA) is 53.1 Å². The zero-order valence-electron chi connectivity index (χ0n) is 11.4. The number of rotatable bonds is 6. The number of fused-ring (bicyclic) bond motifs is 1. The molecule has 0 aliphatic carbocycles. The minimum atomic E-state index is -0.0395. The lowest BCUT2D eigenvalue weighted by Crippen LogP contribution is -2.10. The largest absolute Gasteiger partial charge is 0.494 e. The van der Waals surface area contributed by atoms with Crippen molar-refractivity contribution >= 4 is 10.9 Å². The zero-order chi connectivity index (χ0) is 13.7. The summed E-state index contributed by atoms with van der Waals surface area (Å²) in [6, 6.07) is 7.30. The van der Waals surface area contributed by atoms with E-state index in [0.29, 0.717) is 22.9 Å². The highest BCUT2D eigenvalue weighted by Crippen LogP contribution is 2.18. The summed E-state index contributed by atoms with van der Waals surface area (Å²) in [6.45, 7) is 2.18. The molecule has 1 heterocycles. The highest BCUT2D eigenvalue weighted by Gasteiger charge is 2.10. The Labute approximate surface area is 113 Å². The summed E-state index contributed by atoms with van der Waals surface area (Å²) in [4.78, 5) is 15.2. The lowest BCUT2D eigenvalue weighted by Gasteiger charge is -2.06. The van der Waals surface area contributed by atoms with Gasteiger partial charge < -0.3 is 10.1 Å². The number of pyridine rings is 1. The third-order valence-electron chi connectivity index (χ3n) is 3.52. The SMILES string of the molecule is CCCCCCCc1c(O)[nH]c2ccccc2c1=O. The molecule has 1 aromatic heterocycles. The first-order valence-corrected chi connectivity index (χ1v) is 7.07. The zero-order valence-corrected chi connectivity index (χ0v) is 11.4. The Morgan fingerprint density at radius 1 is 1.11 bits per heavy atom. The molecule has 1 aromatic carbocycles. The summed E-state index contributed by atoms with van der Waals surface area (Å²) in [5.41, 5.74) is 1.18. The summed E-state index contributed by atoms with van der Waals surface area (Å²) in [5, 5.41) is 10.6. The molecule has 3 heteroatoms. The fourth-order valence-electron chi connectivity index (χ4n) is 2.40. The highest BCUT2D eigenvalue weighted by molar-refractivity contribution is 5.79. The van der Waals surface area contributed by atoms with Crippen molar-refractivity contribution in [1.29, 1.82) is 0 Å². The molecule has 0 fully saturated rings. The van der Waals surface area contributed by atoms with E-state index >= 15 is 0 Å². The Morgan fingerprint density at radius 3 is 2.63 bits per heavy atom. The van der Waals surface area contributed by atoms with Gasteiger partial charge in [-0.1, -0.05) is 44.7 Å². The third-order valence-corrected chi connectivity index (χ3v) is 3.52. The average Bonchev–Trinajstić information content (AvgIpc) is 2.42. The predicted molar refractivity (Wildman–Crippen MR) is 78.7 cm³/mol. The number of aromatic amines is 1. The maximum absolute atomic E-state index is 12.3. The summed E-state index contributed by atoms with van der Waals surface area (Å²) < 4.78 is 0. The fourth-order valence-corrected chi connectivity index (χ4v) is 2.40. The molecule has 19 heavy (non-hydrogen) atoms. The number of nitrogens with one attached hydrogen (secondary N) is 1. The van der Waals surface area contributed by atoms with Gasteiger partial charge in [0.15, 0.2) is 11.3 Å². The van der Waals surface area contributed by atoms with Crippen molar-refractivity contribution in [1.82, 2.24) is 4.98 Å². The van der Waals surface area contributed by atoms with Crippen LogP contribution in [-0.4, -0.2) is 10.1 Å². The van der Waals surface area contributed by atoms with Crippen LogP contribution in [0.15, 0.2) is 29.1 Å². The molecule has 102 valence electrons. The van der Waals surface area contributed by atoms with Gasteiger partial charge in [0.05, 0.1) is 11.1 Å². The van der Waals surface area contributed by atoms with Crippen LogP contribution in [0.4, 0.5) is 0 Å². The number of hydrogen-bond donors (Lipinski definition) is 2. The highest BCUT2D eigenvalue weighted by atomic mass is 16.3. The molecule has 2 aromatic rings. The second-order valence-electron chi connectivity index (χ2n) is 4.99. The first-order chi connectivity index (χ1) is 9.24. The molecule has 0 aliphatic heterocycles. The van der Waals surface area contributed by atoms with E-state index in [2.05, 4.69) is 11.9 Å². The first kappa shape index (κ1) is 13.7. The standard InChI is InChI=1S/C16H21NO2/c1-2-3-4-5-6-10-13-15(18)12-9-7-8-11-14(12)17-16(13)19/h7-9,11H,2-6,10H2,1H3,(H2,17,18,19). The molecule has 0 atom stereocenters. The van der Waals surface area contributed by atoms with Gasteiger partial charge in [0.2, 0.25) is 0 Å². The van der Waals surface area contributed by atoms with Crippen molar-refractivity contribution in [2.45, 2.75) is 45.4 Å². The third kappa shape index (κ3) is 3.16. The van der Waals surface area contributed by atoms with Crippen molar-refractivity contribution in [2.75, 3.05) is 0 Å². The molecule has 3 nitrogen and oxygen atoms in total. The van der Waals surface area contributed by atoms with Gasteiger partial charge in [0.1, 0.15) is 0 Å². The van der Waals surface area contributed by atoms with Crippen molar-refractivity contribution in [3.63, 3.8) is 0 Å². The molecular weight excluding hydrogens is 238 g/mol. The lowest BCUT2D eigenvalue weighted by molar-refractivity contribution is 0.446. The molecule has 0 spiro atoms. The normalized spacial score (nSPS) is 11.0. The summed E-state index contributed by atoms with van der Waals surface area (Å²) in [7, 11) is 0. The molecular formula is C16H21NO2. The van der Waals surface area contributed by atoms with Crippen molar-refractivity contribution in [2.24, 2.45) is 0 Å². The summed E-state index contributed by atoms with van der Waals surface area (Å²) in [6.07, 6.45) is 6.36. The predicted octanol–water partition coefficient (Wildman–Crippen LogP) is 3.75. The van der Waals surface area contributed by atoms with E-state index in [-0.39, 0.29) is 11.3 Å². The molecule has 0 bridgehead atoms. The number of hydrogen-bond acceptors (Lipinski definition) is 2. The fraction of sp³-hybridized carbons (Fsp3) is 0.438. The molecule has 0 saturated carbocycles. The van der Waals surface area contributed by atoms with E-state index in [1.807, 2.05) is 18.2 Å². The Kier molecular flexibility index (Phi) is 4.61. The molecule has 0 radical (unpaired) electrons. The van der Waals surface area contributed by atoms with Crippen LogP contribution in [0, 0.1) is 0 Å². The van der Waals surface area contributed by atoms with Gasteiger partial charge in [-0.2, -0.15) is 0 Å². The lowest BCUT2D eigenvalue weighted by atomic mass is 10.0. The second kappa shape index (κ2) is 6.41. The van der Waals surface area contributed by atoms with Crippen LogP contribution in [-0.2, 0) is 6.42 Å². The molecule has 0 amide bonds. The van der Waals surface area contributed by atoms with Gasteiger partial charge in [-0.05, 0) is 25.0 Å². The quantitative estimate of drug-likeness (QED) is 0.776. The van der Waals surface area contributed by atoms with E-state index in [1.165, 1.54) is 19.3 Å². The van der Waals surface area contributed by atoms with E-state index in [0.717, 1.165) is 12.8 Å². The van der Waals surface area contributed by atoms with E-state index in [4.69, 9.17) is 0 Å². The van der Waals surface area contributed by atoms with Gasteiger partial charge in [0.25, 0.3) is 0 Å². The smallest absolute Gasteiger partial charge is 0.196 e. The molecule has 2 rings (SSSR count). The minimum Gasteiger partial charge on any atom is -0.494 e. The number of unbranched alkanes of at least 4 members (excludes halogenated alkanes) is 4. The number of aromatic nitrogens is 1. The Balaban J connectivity index is 2.16. The van der Waals surface area contributed by atoms with Gasteiger partial charge in [-0.25, -0.2) is 0 Å².